The molecule has 2 N–H and O–H groups in total. The number of nitrogens with one attached hydrogen (secondary N) is 2. The molecule has 1 aromatic rings. The molecule has 0 radical (unpaired) electrons. The van der Waals surface area contributed by atoms with Crippen molar-refractivity contribution in [2.24, 2.45) is 0 Å². The Morgan fingerprint density at radius 3 is 2.35 bits per heavy atom. The number of carbonyl (C=O) groups is 3. The molecular formula is C27H43N3O4. The van der Waals surface area contributed by atoms with Crippen molar-refractivity contribution in [3.8, 4) is 0 Å². The lowest BCUT2D eigenvalue weighted by atomic mass is 9.92. The molecule has 2 unspecified atom stereocenters. The molecule has 0 heterocycles. The van der Waals surface area contributed by atoms with Gasteiger partial charge in [0, 0.05) is 12.1 Å². The first-order chi connectivity index (χ1) is 15.9. The first-order valence-electron chi connectivity index (χ1n) is 12.6. The number of amides is 3. The largest absolute Gasteiger partial charge is 0.444 e. The average molecular weight is 474 g/mol. The lowest BCUT2D eigenvalue weighted by Crippen LogP contribution is -2.52. The van der Waals surface area contributed by atoms with Gasteiger partial charge in [0.1, 0.15) is 18.2 Å². The number of nitrogens with zero attached hydrogens (tertiary/aromatic N) is 1. The van der Waals surface area contributed by atoms with Crippen LogP contribution in [-0.2, 0) is 14.3 Å². The molecule has 34 heavy (non-hydrogen) atoms. The zero-order valence-corrected chi connectivity index (χ0v) is 22.0. The van der Waals surface area contributed by atoms with Gasteiger partial charge < -0.3 is 20.3 Å². The van der Waals surface area contributed by atoms with Gasteiger partial charge in [-0.1, -0.05) is 49.9 Å². The van der Waals surface area contributed by atoms with E-state index in [-0.39, 0.29) is 30.4 Å². The van der Waals surface area contributed by atoms with Crippen molar-refractivity contribution < 1.29 is 19.1 Å². The maximum absolute atomic E-state index is 13.8. The van der Waals surface area contributed by atoms with E-state index < -0.39 is 17.7 Å². The molecule has 7 nitrogen and oxygen atoms in total. The maximum Gasteiger partial charge on any atom is 0.408 e. The molecule has 2 rings (SSSR count). The molecule has 2 atom stereocenters. The van der Waals surface area contributed by atoms with Gasteiger partial charge in [-0.05, 0) is 71.9 Å². The minimum absolute atomic E-state index is 0.127. The molecule has 1 saturated carbocycles. The molecule has 190 valence electrons. The standard InChI is InChI=1S/C27H43N3O4/c1-8-20(4)30(23(31)17-28-26(33)34-27(5,6)7)24(22-16-18(2)14-15-19(22)3)25(32)29-21-12-10-9-11-13-21/h14-16,20-21,24H,8-13,17H2,1-7H3,(H,28,33)(H,29,32). The third-order valence-electron chi connectivity index (χ3n) is 6.34. The fourth-order valence-corrected chi connectivity index (χ4v) is 4.39. The number of benzene rings is 1. The van der Waals surface area contributed by atoms with Crippen LogP contribution in [-0.4, -0.2) is 47.0 Å². The second kappa shape index (κ2) is 12.2. The number of rotatable bonds is 8. The van der Waals surface area contributed by atoms with E-state index in [4.69, 9.17) is 4.74 Å². The van der Waals surface area contributed by atoms with Gasteiger partial charge in [0.25, 0.3) is 0 Å². The van der Waals surface area contributed by atoms with Gasteiger partial charge in [0.15, 0.2) is 0 Å². The fourth-order valence-electron chi connectivity index (χ4n) is 4.39. The summed E-state index contributed by atoms with van der Waals surface area (Å²) in [4.78, 5) is 41.1. The minimum atomic E-state index is -0.773. The Morgan fingerprint density at radius 1 is 1.12 bits per heavy atom. The highest BCUT2D eigenvalue weighted by atomic mass is 16.6. The van der Waals surface area contributed by atoms with Crippen molar-refractivity contribution in [2.45, 2.75) is 111 Å². The highest BCUT2D eigenvalue weighted by Crippen LogP contribution is 2.29. The number of ether oxygens (including phenoxy) is 1. The number of aryl methyl sites for hydroxylation is 2. The van der Waals surface area contributed by atoms with E-state index in [1.54, 1.807) is 25.7 Å². The topological polar surface area (TPSA) is 87.7 Å². The summed E-state index contributed by atoms with van der Waals surface area (Å²) in [6.45, 7) is 13.0. The molecule has 1 aromatic carbocycles. The predicted octanol–water partition coefficient (Wildman–Crippen LogP) is 4.95. The SMILES string of the molecule is CCC(C)N(C(=O)CNC(=O)OC(C)(C)C)C(C(=O)NC1CCCCC1)c1cc(C)ccc1C. The zero-order chi connectivity index (χ0) is 25.5. The summed E-state index contributed by atoms with van der Waals surface area (Å²) in [5, 5.41) is 5.80. The van der Waals surface area contributed by atoms with Crippen molar-refractivity contribution in [1.82, 2.24) is 15.5 Å². The van der Waals surface area contributed by atoms with Crippen molar-refractivity contribution >= 4 is 17.9 Å². The molecule has 7 heteroatoms. The van der Waals surface area contributed by atoms with E-state index in [9.17, 15) is 14.4 Å². The normalized spacial score (nSPS) is 16.3. The van der Waals surface area contributed by atoms with Crippen LogP contribution in [0.5, 0.6) is 0 Å². The number of carbonyl (C=O) groups excluding carboxylic acids is 3. The van der Waals surface area contributed by atoms with Crippen molar-refractivity contribution in [3.05, 3.63) is 34.9 Å². The summed E-state index contributed by atoms with van der Waals surface area (Å²) in [5.74, 6) is -0.476. The third kappa shape index (κ3) is 8.03. The molecule has 0 bridgehead atoms. The summed E-state index contributed by atoms with van der Waals surface area (Å²) < 4.78 is 5.28. The number of hydrogen-bond acceptors (Lipinski definition) is 4. The second-order valence-electron chi connectivity index (χ2n) is 10.5. The van der Waals surface area contributed by atoms with Crippen LogP contribution in [0.15, 0.2) is 18.2 Å². The minimum Gasteiger partial charge on any atom is -0.444 e. The summed E-state index contributed by atoms with van der Waals surface area (Å²) in [7, 11) is 0. The summed E-state index contributed by atoms with van der Waals surface area (Å²) in [6.07, 6.45) is 5.35. The van der Waals surface area contributed by atoms with Crippen LogP contribution in [0.25, 0.3) is 0 Å². The number of hydrogen-bond donors (Lipinski definition) is 2. The van der Waals surface area contributed by atoms with Gasteiger partial charge in [0.2, 0.25) is 11.8 Å². The van der Waals surface area contributed by atoms with Gasteiger partial charge in [-0.25, -0.2) is 4.79 Å². The fraction of sp³-hybridized carbons (Fsp3) is 0.667. The lowest BCUT2D eigenvalue weighted by Gasteiger charge is -2.37. The predicted molar refractivity (Wildman–Crippen MR) is 135 cm³/mol. The summed E-state index contributed by atoms with van der Waals surface area (Å²) in [6, 6.07) is 5.14. The van der Waals surface area contributed by atoms with Gasteiger partial charge in [-0.2, -0.15) is 0 Å². The first kappa shape index (κ1) is 27.7. The van der Waals surface area contributed by atoms with E-state index >= 15 is 0 Å². The molecule has 3 amide bonds. The second-order valence-corrected chi connectivity index (χ2v) is 10.5. The first-order valence-corrected chi connectivity index (χ1v) is 12.6. The average Bonchev–Trinajstić information content (AvgIpc) is 2.76. The highest BCUT2D eigenvalue weighted by molar-refractivity contribution is 5.91. The summed E-state index contributed by atoms with van der Waals surface area (Å²) in [5.41, 5.74) is 2.14. The molecule has 1 fully saturated rings. The quantitative estimate of drug-likeness (QED) is 0.559. The highest BCUT2D eigenvalue weighted by Gasteiger charge is 2.36. The van der Waals surface area contributed by atoms with Crippen LogP contribution in [0.3, 0.4) is 0 Å². The maximum atomic E-state index is 13.8. The molecule has 0 aromatic heterocycles. The van der Waals surface area contributed by atoms with E-state index in [1.165, 1.54) is 6.42 Å². The Bertz CT molecular complexity index is 856. The molecular weight excluding hydrogens is 430 g/mol. The summed E-state index contributed by atoms with van der Waals surface area (Å²) >= 11 is 0. The van der Waals surface area contributed by atoms with Crippen molar-refractivity contribution in [1.29, 1.82) is 0 Å². The van der Waals surface area contributed by atoms with Crippen LogP contribution in [0, 0.1) is 13.8 Å². The molecule has 0 aliphatic heterocycles. The van der Waals surface area contributed by atoms with Crippen LogP contribution >= 0.6 is 0 Å². The molecule has 1 aliphatic rings. The molecule has 1 aliphatic carbocycles. The van der Waals surface area contributed by atoms with Gasteiger partial charge in [-0.3, -0.25) is 9.59 Å². The van der Waals surface area contributed by atoms with E-state index in [0.29, 0.717) is 6.42 Å². The molecule has 0 saturated heterocycles. The van der Waals surface area contributed by atoms with E-state index in [2.05, 4.69) is 10.6 Å². The van der Waals surface area contributed by atoms with Gasteiger partial charge in [0.05, 0.1) is 0 Å². The van der Waals surface area contributed by atoms with E-state index in [1.807, 2.05) is 45.9 Å². The number of alkyl carbamates (subject to hydrolysis) is 1. The third-order valence-corrected chi connectivity index (χ3v) is 6.34. The Labute approximate surface area is 205 Å². The van der Waals surface area contributed by atoms with Crippen LogP contribution in [0.4, 0.5) is 4.79 Å². The lowest BCUT2D eigenvalue weighted by molar-refractivity contribution is -0.143. The Balaban J connectivity index is 2.36. The van der Waals surface area contributed by atoms with Crippen LogP contribution in [0.2, 0.25) is 0 Å². The van der Waals surface area contributed by atoms with Crippen molar-refractivity contribution in [2.75, 3.05) is 6.54 Å². The van der Waals surface area contributed by atoms with Crippen LogP contribution in [0.1, 0.15) is 95.9 Å². The Kier molecular flexibility index (Phi) is 9.95. The van der Waals surface area contributed by atoms with Gasteiger partial charge in [-0.15, -0.1) is 0 Å². The van der Waals surface area contributed by atoms with E-state index in [0.717, 1.165) is 42.4 Å². The monoisotopic (exact) mass is 473 g/mol. The van der Waals surface area contributed by atoms with Gasteiger partial charge >= 0.3 is 6.09 Å². The Morgan fingerprint density at radius 2 is 1.76 bits per heavy atom. The molecule has 0 spiro atoms. The zero-order valence-electron chi connectivity index (χ0n) is 22.0. The Hall–Kier alpha value is -2.57. The smallest absolute Gasteiger partial charge is 0.408 e. The van der Waals surface area contributed by atoms with Crippen molar-refractivity contribution in [3.63, 3.8) is 0 Å². The van der Waals surface area contributed by atoms with Crippen LogP contribution < -0.4 is 10.6 Å².